The van der Waals surface area contributed by atoms with Crippen LogP contribution in [-0.2, 0) is 20.0 Å². The molecule has 1 rings (SSSR count). The Morgan fingerprint density at radius 1 is 0.952 bits per heavy atom. The van der Waals surface area contributed by atoms with Crippen LogP contribution >= 0.6 is 0 Å². The minimum atomic E-state index is -4.47. The summed E-state index contributed by atoms with van der Waals surface area (Å²) in [5.74, 6) is -1.31. The third-order valence-electron chi connectivity index (χ3n) is 2.48. The molecule has 0 spiro atoms. The smallest absolute Gasteiger partial charge is 0.748 e. The van der Waals surface area contributed by atoms with Gasteiger partial charge in [-0.15, -0.1) is 0 Å². The molecule has 0 N–H and O–H groups in total. The average Bonchev–Trinajstić information content (AvgIpc) is 2.36. The van der Waals surface area contributed by atoms with Crippen LogP contribution in [0, 0.1) is 0 Å². The number of benzene rings is 1. The van der Waals surface area contributed by atoms with Gasteiger partial charge >= 0.3 is 29.6 Å². The van der Waals surface area contributed by atoms with Gasteiger partial charge in [0.15, 0.2) is 22.4 Å². The van der Waals surface area contributed by atoms with Crippen molar-refractivity contribution in [3.05, 3.63) is 29.3 Å². The summed E-state index contributed by atoms with van der Waals surface area (Å²) < 4.78 is 55.0. The van der Waals surface area contributed by atoms with E-state index in [1.165, 1.54) is 6.07 Å². The quantitative estimate of drug-likeness (QED) is 0.294. The van der Waals surface area contributed by atoms with E-state index in [0.29, 0.717) is 12.6 Å². The van der Waals surface area contributed by atoms with E-state index in [1.807, 2.05) is 0 Å². The first kappa shape index (κ1) is 20.4. The molecular weight excluding hydrogens is 331 g/mol. The van der Waals surface area contributed by atoms with Gasteiger partial charge in [0, 0.05) is 16.9 Å². The SMILES string of the molecule is O=Cc1ccc(S(=O)(=O)CCCS(=O)(=O)[O-])cc1C=O.[Na+]. The van der Waals surface area contributed by atoms with Crippen molar-refractivity contribution in [2.24, 2.45) is 0 Å². The van der Waals surface area contributed by atoms with Crippen LogP contribution < -0.4 is 29.6 Å². The van der Waals surface area contributed by atoms with Crippen LogP contribution in [0.2, 0.25) is 0 Å². The van der Waals surface area contributed by atoms with Crippen molar-refractivity contribution >= 4 is 32.5 Å². The van der Waals surface area contributed by atoms with Crippen molar-refractivity contribution in [2.45, 2.75) is 11.3 Å². The van der Waals surface area contributed by atoms with Crippen LogP contribution in [0.4, 0.5) is 0 Å². The molecule has 0 unspecified atom stereocenters. The zero-order valence-corrected chi connectivity index (χ0v) is 14.8. The van der Waals surface area contributed by atoms with Crippen molar-refractivity contribution < 1.29 is 60.5 Å². The maximum absolute atomic E-state index is 11.9. The van der Waals surface area contributed by atoms with Crippen molar-refractivity contribution in [3.63, 3.8) is 0 Å². The second-order valence-electron chi connectivity index (χ2n) is 3.96. The number of hydrogen-bond acceptors (Lipinski definition) is 7. The summed E-state index contributed by atoms with van der Waals surface area (Å²) in [6, 6.07) is 3.38. The molecule has 0 radical (unpaired) electrons. The van der Waals surface area contributed by atoms with Crippen molar-refractivity contribution in [1.82, 2.24) is 0 Å². The van der Waals surface area contributed by atoms with Gasteiger partial charge in [0.1, 0.15) is 0 Å². The molecule has 1 aromatic carbocycles. The third-order valence-corrected chi connectivity index (χ3v) is 5.07. The fourth-order valence-electron chi connectivity index (χ4n) is 1.50. The number of carbonyl (C=O) groups excluding carboxylic acids is 2. The number of hydrogen-bond donors (Lipinski definition) is 0. The molecule has 21 heavy (non-hydrogen) atoms. The summed E-state index contributed by atoms with van der Waals surface area (Å²) in [6.45, 7) is 0. The molecule has 0 fully saturated rings. The number of rotatable bonds is 7. The van der Waals surface area contributed by atoms with E-state index in [9.17, 15) is 31.0 Å². The van der Waals surface area contributed by atoms with Gasteiger partial charge in [0.05, 0.1) is 20.8 Å². The fourth-order valence-corrected chi connectivity index (χ4v) is 3.52. The van der Waals surface area contributed by atoms with Gasteiger partial charge in [-0.3, -0.25) is 9.59 Å². The molecule has 0 bridgehead atoms. The van der Waals surface area contributed by atoms with Crippen LogP contribution in [0.25, 0.3) is 0 Å². The Hall–Kier alpha value is -0.580. The largest absolute Gasteiger partial charge is 1.00 e. The Kier molecular flexibility index (Phi) is 7.93. The Bertz CT molecular complexity index is 723. The van der Waals surface area contributed by atoms with Crippen molar-refractivity contribution in [1.29, 1.82) is 0 Å². The van der Waals surface area contributed by atoms with Crippen LogP contribution in [0.1, 0.15) is 27.1 Å². The number of sulfone groups is 1. The molecule has 10 heteroatoms. The molecule has 0 aliphatic rings. The standard InChI is InChI=1S/C11H12O7S2.Na/c12-7-9-2-3-11(6-10(9)8-13)19(14,15)4-1-5-20(16,17)18;/h2-3,6-8H,1,4-5H2,(H,16,17,18);/q;+1/p-1. The summed E-state index contributed by atoms with van der Waals surface area (Å²) in [6.07, 6.45) is 0.439. The van der Waals surface area contributed by atoms with Gasteiger partial charge in [-0.05, 0) is 24.6 Å². The predicted molar refractivity (Wildman–Crippen MR) is 68.5 cm³/mol. The maximum Gasteiger partial charge on any atom is 1.00 e. The average molecular weight is 342 g/mol. The summed E-state index contributed by atoms with van der Waals surface area (Å²) in [5.41, 5.74) is -0.0152. The second-order valence-corrected chi connectivity index (χ2v) is 7.59. The molecule has 0 heterocycles. The Morgan fingerprint density at radius 2 is 1.52 bits per heavy atom. The molecule has 0 saturated heterocycles. The molecule has 1 aromatic rings. The van der Waals surface area contributed by atoms with Gasteiger partial charge in [-0.25, -0.2) is 16.8 Å². The van der Waals surface area contributed by atoms with E-state index in [-0.39, 0.29) is 52.0 Å². The first-order valence-electron chi connectivity index (χ1n) is 5.40. The maximum atomic E-state index is 11.9. The summed E-state index contributed by atoms with van der Waals surface area (Å²) in [4.78, 5) is 21.2. The van der Waals surface area contributed by atoms with Gasteiger partial charge in [-0.2, -0.15) is 0 Å². The second kappa shape index (κ2) is 8.16. The molecule has 0 aliphatic heterocycles. The molecule has 0 amide bonds. The van der Waals surface area contributed by atoms with Gasteiger partial charge < -0.3 is 4.55 Å². The first-order chi connectivity index (χ1) is 9.19. The minimum Gasteiger partial charge on any atom is -0.748 e. The van der Waals surface area contributed by atoms with E-state index in [0.717, 1.165) is 12.1 Å². The van der Waals surface area contributed by atoms with Crippen LogP contribution in [0.3, 0.4) is 0 Å². The first-order valence-corrected chi connectivity index (χ1v) is 8.63. The normalized spacial score (nSPS) is 11.5. The Morgan fingerprint density at radius 3 is 2.00 bits per heavy atom. The van der Waals surface area contributed by atoms with Gasteiger partial charge in [-0.1, -0.05) is 0 Å². The predicted octanol–water partition coefficient (Wildman–Crippen LogP) is -2.98. The Labute approximate surface area is 144 Å². The minimum absolute atomic E-state index is 0. The van der Waals surface area contributed by atoms with Gasteiger partial charge in [0.2, 0.25) is 0 Å². The fraction of sp³-hybridized carbons (Fsp3) is 0.273. The molecule has 110 valence electrons. The van der Waals surface area contributed by atoms with Crippen molar-refractivity contribution in [3.8, 4) is 0 Å². The molecule has 0 aliphatic carbocycles. The zero-order chi connectivity index (χ0) is 15.4. The Balaban J connectivity index is 0.00000400. The third kappa shape index (κ3) is 6.37. The van der Waals surface area contributed by atoms with E-state index in [2.05, 4.69) is 0 Å². The molecule has 0 saturated carbocycles. The van der Waals surface area contributed by atoms with E-state index < -0.39 is 31.5 Å². The summed E-state index contributed by atoms with van der Waals surface area (Å²) in [5, 5.41) is 0. The molecule has 7 nitrogen and oxygen atoms in total. The molecule has 0 aromatic heterocycles. The summed E-state index contributed by atoms with van der Waals surface area (Å²) in [7, 11) is -8.29. The van der Waals surface area contributed by atoms with E-state index in [1.54, 1.807) is 0 Å². The van der Waals surface area contributed by atoms with E-state index >= 15 is 0 Å². The molecular formula is C11H11NaO7S2. The van der Waals surface area contributed by atoms with Crippen molar-refractivity contribution in [2.75, 3.05) is 11.5 Å². The monoisotopic (exact) mass is 342 g/mol. The number of carbonyl (C=O) groups is 2. The van der Waals surface area contributed by atoms with E-state index in [4.69, 9.17) is 0 Å². The molecule has 0 atom stereocenters. The number of aldehydes is 2. The topological polar surface area (TPSA) is 125 Å². The summed E-state index contributed by atoms with van der Waals surface area (Å²) >= 11 is 0. The van der Waals surface area contributed by atoms with Gasteiger partial charge in [0.25, 0.3) is 0 Å². The van der Waals surface area contributed by atoms with Crippen LogP contribution in [-0.4, -0.2) is 45.5 Å². The van der Waals surface area contributed by atoms with Crippen LogP contribution in [0.5, 0.6) is 0 Å². The van der Waals surface area contributed by atoms with Crippen LogP contribution in [0.15, 0.2) is 23.1 Å². The zero-order valence-electron chi connectivity index (χ0n) is 11.2.